The fourth-order valence-corrected chi connectivity index (χ4v) is 1.27. The molecule has 1 aromatic heterocycles. The van der Waals surface area contributed by atoms with E-state index in [1.54, 1.807) is 0 Å². The van der Waals surface area contributed by atoms with Gasteiger partial charge in [0, 0.05) is 12.5 Å². The minimum Gasteiger partial charge on any atom is -0.382 e. The summed E-state index contributed by atoms with van der Waals surface area (Å²) in [5.74, 6) is 0.808. The van der Waals surface area contributed by atoms with E-state index >= 15 is 0 Å². The molecule has 0 aliphatic carbocycles. The van der Waals surface area contributed by atoms with Crippen LogP contribution in [-0.2, 0) is 6.54 Å². The van der Waals surface area contributed by atoms with Crippen molar-refractivity contribution in [3.8, 4) is 0 Å². The van der Waals surface area contributed by atoms with Gasteiger partial charge >= 0.3 is 6.18 Å². The molecule has 0 saturated carbocycles. The van der Waals surface area contributed by atoms with Crippen molar-refractivity contribution in [2.24, 2.45) is 0 Å². The van der Waals surface area contributed by atoms with Gasteiger partial charge in [0.05, 0.1) is 6.54 Å². The van der Waals surface area contributed by atoms with Crippen molar-refractivity contribution in [3.63, 3.8) is 0 Å². The smallest absolute Gasteiger partial charge is 0.382 e. The predicted octanol–water partition coefficient (Wildman–Crippen LogP) is 1.55. The van der Waals surface area contributed by atoms with Crippen molar-refractivity contribution in [1.82, 2.24) is 15.0 Å². The SMILES string of the molecule is CC(C)c1nc(CN(C)CC(O)C(F)(F)F)no1. The third-order valence-electron chi connectivity index (χ3n) is 2.25. The Labute approximate surface area is 103 Å². The van der Waals surface area contributed by atoms with Crippen molar-refractivity contribution in [3.05, 3.63) is 11.7 Å². The molecule has 0 saturated heterocycles. The molecule has 104 valence electrons. The van der Waals surface area contributed by atoms with Crippen molar-refractivity contribution in [1.29, 1.82) is 0 Å². The highest BCUT2D eigenvalue weighted by Gasteiger charge is 2.38. The van der Waals surface area contributed by atoms with E-state index in [0.717, 1.165) is 0 Å². The first-order chi connectivity index (χ1) is 8.20. The van der Waals surface area contributed by atoms with Gasteiger partial charge < -0.3 is 9.63 Å². The van der Waals surface area contributed by atoms with Crippen molar-refractivity contribution in [2.45, 2.75) is 38.6 Å². The Hall–Kier alpha value is -1.15. The Balaban J connectivity index is 2.51. The topological polar surface area (TPSA) is 62.4 Å². The molecule has 0 radical (unpaired) electrons. The van der Waals surface area contributed by atoms with Crippen LogP contribution in [0, 0.1) is 0 Å². The number of hydrogen-bond acceptors (Lipinski definition) is 5. The molecule has 0 aliphatic heterocycles. The first kappa shape index (κ1) is 14.9. The molecule has 0 aliphatic rings. The molecule has 8 heteroatoms. The second kappa shape index (κ2) is 5.66. The molecule has 0 amide bonds. The third kappa shape index (κ3) is 4.26. The van der Waals surface area contributed by atoms with Gasteiger partial charge in [-0.15, -0.1) is 0 Å². The Morgan fingerprint density at radius 1 is 1.39 bits per heavy atom. The highest BCUT2D eigenvalue weighted by atomic mass is 19.4. The number of aliphatic hydroxyl groups is 1. The van der Waals surface area contributed by atoms with Crippen LogP contribution in [0.5, 0.6) is 0 Å². The van der Waals surface area contributed by atoms with Crippen LogP contribution in [0.25, 0.3) is 0 Å². The fourth-order valence-electron chi connectivity index (χ4n) is 1.27. The van der Waals surface area contributed by atoms with Crippen LogP contribution in [0.3, 0.4) is 0 Å². The van der Waals surface area contributed by atoms with Crippen LogP contribution >= 0.6 is 0 Å². The van der Waals surface area contributed by atoms with Gasteiger partial charge in [0.1, 0.15) is 0 Å². The zero-order valence-electron chi connectivity index (χ0n) is 10.4. The molecule has 0 fully saturated rings. The van der Waals surface area contributed by atoms with Crippen LogP contribution < -0.4 is 0 Å². The van der Waals surface area contributed by atoms with Gasteiger partial charge in [-0.25, -0.2) is 0 Å². The normalized spacial score (nSPS) is 14.5. The maximum Gasteiger partial charge on any atom is 0.415 e. The lowest BCUT2D eigenvalue weighted by Gasteiger charge is -2.20. The molecule has 0 bridgehead atoms. The Kier molecular flexibility index (Phi) is 4.69. The zero-order valence-corrected chi connectivity index (χ0v) is 10.4. The minimum atomic E-state index is -4.62. The lowest BCUT2D eigenvalue weighted by atomic mass is 10.2. The highest BCUT2D eigenvalue weighted by molar-refractivity contribution is 4.90. The van der Waals surface area contributed by atoms with Gasteiger partial charge in [0.25, 0.3) is 0 Å². The van der Waals surface area contributed by atoms with Gasteiger partial charge in [-0.1, -0.05) is 19.0 Å². The maximum absolute atomic E-state index is 12.1. The van der Waals surface area contributed by atoms with Crippen LogP contribution in [0.1, 0.15) is 31.5 Å². The van der Waals surface area contributed by atoms with Crippen LogP contribution in [0.15, 0.2) is 4.52 Å². The van der Waals surface area contributed by atoms with E-state index in [-0.39, 0.29) is 12.5 Å². The van der Waals surface area contributed by atoms with E-state index in [9.17, 15) is 13.2 Å². The van der Waals surface area contributed by atoms with E-state index in [2.05, 4.69) is 10.1 Å². The second-order valence-corrected chi connectivity index (χ2v) is 4.46. The molecule has 1 rings (SSSR count). The average Bonchev–Trinajstić information content (AvgIpc) is 2.64. The van der Waals surface area contributed by atoms with Crippen molar-refractivity contribution >= 4 is 0 Å². The summed E-state index contributed by atoms with van der Waals surface area (Å²) in [5.41, 5.74) is 0. The number of nitrogens with zero attached hydrogens (tertiary/aromatic N) is 3. The summed E-state index contributed by atoms with van der Waals surface area (Å²) in [5, 5.41) is 12.6. The maximum atomic E-state index is 12.1. The molecule has 0 spiro atoms. The summed E-state index contributed by atoms with van der Waals surface area (Å²) >= 11 is 0. The Bertz CT molecular complexity index is 379. The summed E-state index contributed by atoms with van der Waals surface area (Å²) in [6, 6.07) is 0. The first-order valence-electron chi connectivity index (χ1n) is 5.46. The van der Waals surface area contributed by atoms with Gasteiger partial charge in [0.2, 0.25) is 5.89 Å². The molecule has 1 heterocycles. The number of aromatic nitrogens is 2. The molecule has 1 atom stereocenters. The Morgan fingerprint density at radius 3 is 2.44 bits per heavy atom. The van der Waals surface area contributed by atoms with Crippen LogP contribution in [0.4, 0.5) is 13.2 Å². The van der Waals surface area contributed by atoms with E-state index in [1.165, 1.54) is 11.9 Å². The lowest BCUT2D eigenvalue weighted by molar-refractivity contribution is -0.207. The number of likely N-dealkylation sites (N-methyl/N-ethyl adjacent to an activating group) is 1. The van der Waals surface area contributed by atoms with Crippen LogP contribution in [0.2, 0.25) is 0 Å². The number of aliphatic hydroxyl groups excluding tert-OH is 1. The number of hydrogen-bond donors (Lipinski definition) is 1. The monoisotopic (exact) mass is 267 g/mol. The highest BCUT2D eigenvalue weighted by Crippen LogP contribution is 2.20. The standard InChI is InChI=1S/C10H16F3N3O2/c1-6(2)9-14-8(15-18-9)5-16(3)4-7(17)10(11,12)13/h6-7,17H,4-5H2,1-3H3. The quantitative estimate of drug-likeness (QED) is 0.877. The molecule has 1 unspecified atom stereocenters. The van der Waals surface area contributed by atoms with Gasteiger partial charge in [-0.3, -0.25) is 4.90 Å². The number of alkyl halides is 3. The summed E-state index contributed by atoms with van der Waals surface area (Å²) < 4.78 is 41.3. The molecule has 1 N–H and O–H groups in total. The van der Waals surface area contributed by atoms with E-state index in [0.29, 0.717) is 11.7 Å². The van der Waals surface area contributed by atoms with Gasteiger partial charge in [-0.2, -0.15) is 18.2 Å². The summed E-state index contributed by atoms with van der Waals surface area (Å²) in [6.07, 6.45) is -6.99. The number of halogens is 3. The van der Waals surface area contributed by atoms with Crippen LogP contribution in [-0.4, -0.2) is 46.0 Å². The summed E-state index contributed by atoms with van der Waals surface area (Å²) in [4.78, 5) is 5.32. The molecular formula is C10H16F3N3O2. The second-order valence-electron chi connectivity index (χ2n) is 4.46. The molecule has 5 nitrogen and oxygen atoms in total. The zero-order chi connectivity index (χ0) is 13.9. The average molecular weight is 267 g/mol. The van der Waals surface area contributed by atoms with Crippen molar-refractivity contribution < 1.29 is 22.8 Å². The lowest BCUT2D eigenvalue weighted by Crippen LogP contribution is -2.39. The van der Waals surface area contributed by atoms with Gasteiger partial charge in [0.15, 0.2) is 11.9 Å². The third-order valence-corrected chi connectivity index (χ3v) is 2.25. The van der Waals surface area contributed by atoms with E-state index in [1.807, 2.05) is 13.8 Å². The van der Waals surface area contributed by atoms with E-state index in [4.69, 9.17) is 9.63 Å². The molecule has 0 aromatic carbocycles. The number of rotatable bonds is 5. The van der Waals surface area contributed by atoms with Gasteiger partial charge in [-0.05, 0) is 7.05 Å². The van der Waals surface area contributed by atoms with Crippen molar-refractivity contribution in [2.75, 3.05) is 13.6 Å². The molecular weight excluding hydrogens is 251 g/mol. The summed E-state index contributed by atoms with van der Waals surface area (Å²) in [6.45, 7) is 3.29. The largest absolute Gasteiger partial charge is 0.415 e. The first-order valence-corrected chi connectivity index (χ1v) is 5.46. The minimum absolute atomic E-state index is 0.0670. The molecule has 1 aromatic rings. The fraction of sp³-hybridized carbons (Fsp3) is 0.800. The van der Waals surface area contributed by atoms with E-state index < -0.39 is 18.8 Å². The predicted molar refractivity (Wildman–Crippen MR) is 56.8 cm³/mol. The summed E-state index contributed by atoms with van der Waals surface area (Å²) in [7, 11) is 1.44. The molecule has 18 heavy (non-hydrogen) atoms. The Morgan fingerprint density at radius 2 is 2.00 bits per heavy atom.